The van der Waals surface area contributed by atoms with Crippen LogP contribution in [0.25, 0.3) is 0 Å². The van der Waals surface area contributed by atoms with E-state index >= 15 is 0 Å². The molecule has 0 radical (unpaired) electrons. The van der Waals surface area contributed by atoms with Gasteiger partial charge in [-0.15, -0.1) is 0 Å². The highest BCUT2D eigenvalue weighted by Gasteiger charge is 2.53. The van der Waals surface area contributed by atoms with Crippen molar-refractivity contribution in [2.75, 3.05) is 0 Å². The maximum absolute atomic E-state index is 1.67. The van der Waals surface area contributed by atoms with Gasteiger partial charge in [-0.2, -0.15) is 0 Å². The fourth-order valence-electron chi connectivity index (χ4n) is 7.90. The van der Waals surface area contributed by atoms with Crippen LogP contribution < -0.4 is 4.70 Å². The van der Waals surface area contributed by atoms with Gasteiger partial charge in [-0.25, -0.2) is 0 Å². The van der Waals surface area contributed by atoms with Crippen LogP contribution in [0.1, 0.15) is 128 Å². The number of quaternary nitrogens is 1. The average Bonchev–Trinajstić information content (AvgIpc) is 2.72. The molecule has 0 spiro atoms. The van der Waals surface area contributed by atoms with E-state index in [0.29, 0.717) is 0 Å². The fourth-order valence-corrected chi connectivity index (χ4v) is 7.90. The van der Waals surface area contributed by atoms with Gasteiger partial charge in [0, 0.05) is 0 Å². The highest BCUT2D eigenvalue weighted by molar-refractivity contribution is 4.85. The molecule has 152 valence electrons. The molecule has 0 saturated heterocycles. The lowest BCUT2D eigenvalue weighted by Gasteiger charge is -2.62. The molecule has 0 bridgehead atoms. The summed E-state index contributed by atoms with van der Waals surface area (Å²) in [6.45, 7) is 0. The SMILES string of the molecule is C1CCC([N+](C2CCCCC2)(C2CCCCC2)C2CCCCC2)CC1.[F-]. The second-order valence-corrected chi connectivity index (χ2v) is 10.1. The minimum atomic E-state index is 0. The van der Waals surface area contributed by atoms with Crippen LogP contribution in [0.5, 0.6) is 0 Å². The first-order valence-corrected chi connectivity index (χ1v) is 12.3. The second kappa shape index (κ2) is 9.89. The Morgan fingerprint density at radius 3 is 0.692 bits per heavy atom. The van der Waals surface area contributed by atoms with Crippen molar-refractivity contribution in [2.24, 2.45) is 0 Å². The molecule has 26 heavy (non-hydrogen) atoms. The van der Waals surface area contributed by atoms with Crippen LogP contribution in [-0.4, -0.2) is 28.7 Å². The summed E-state index contributed by atoms with van der Waals surface area (Å²) in [5.74, 6) is 0. The van der Waals surface area contributed by atoms with Gasteiger partial charge in [-0.1, -0.05) is 25.7 Å². The molecule has 0 aromatic rings. The monoisotopic (exact) mass is 365 g/mol. The molecule has 4 aliphatic carbocycles. The van der Waals surface area contributed by atoms with Crippen molar-refractivity contribution < 1.29 is 9.19 Å². The highest BCUT2D eigenvalue weighted by atomic mass is 19.0. The summed E-state index contributed by atoms with van der Waals surface area (Å²) in [5.41, 5.74) is 0. The fraction of sp³-hybridized carbons (Fsp3) is 1.00. The van der Waals surface area contributed by atoms with E-state index in [2.05, 4.69) is 0 Å². The van der Waals surface area contributed by atoms with Crippen LogP contribution in [0.4, 0.5) is 0 Å². The molecule has 0 aromatic heterocycles. The largest absolute Gasteiger partial charge is 1.00 e. The van der Waals surface area contributed by atoms with E-state index in [-0.39, 0.29) is 4.70 Å². The van der Waals surface area contributed by atoms with E-state index in [0.717, 1.165) is 24.2 Å². The molecule has 0 amide bonds. The van der Waals surface area contributed by atoms with Gasteiger partial charge in [-0.3, -0.25) is 0 Å². The zero-order valence-corrected chi connectivity index (χ0v) is 17.3. The van der Waals surface area contributed by atoms with Crippen molar-refractivity contribution in [2.45, 2.75) is 153 Å². The molecule has 1 nitrogen and oxygen atoms in total. The lowest BCUT2D eigenvalue weighted by molar-refractivity contribution is -1.02. The Hall–Kier alpha value is -0.110. The predicted octanol–water partition coefficient (Wildman–Crippen LogP) is 4.14. The molecule has 0 aliphatic heterocycles. The van der Waals surface area contributed by atoms with Crippen molar-refractivity contribution in [3.63, 3.8) is 0 Å². The summed E-state index contributed by atoms with van der Waals surface area (Å²) in [4.78, 5) is 0. The minimum Gasteiger partial charge on any atom is -1.00 e. The molecule has 0 N–H and O–H groups in total. The smallest absolute Gasteiger partial charge is 0.0896 e. The van der Waals surface area contributed by atoms with Gasteiger partial charge < -0.3 is 9.19 Å². The minimum absolute atomic E-state index is 0. The molecule has 4 rings (SSSR count). The Bertz CT molecular complexity index is 308. The Morgan fingerprint density at radius 1 is 0.308 bits per heavy atom. The topological polar surface area (TPSA) is 0 Å². The van der Waals surface area contributed by atoms with Gasteiger partial charge in [0.25, 0.3) is 0 Å². The average molecular weight is 366 g/mol. The highest BCUT2D eigenvalue weighted by Crippen LogP contribution is 2.47. The van der Waals surface area contributed by atoms with Crippen LogP contribution >= 0.6 is 0 Å². The number of nitrogens with zero attached hydrogens (tertiary/aromatic N) is 1. The van der Waals surface area contributed by atoms with Gasteiger partial charge in [0.2, 0.25) is 0 Å². The summed E-state index contributed by atoms with van der Waals surface area (Å²) in [6.07, 6.45) is 31.0. The lowest BCUT2D eigenvalue weighted by atomic mass is 9.76. The summed E-state index contributed by atoms with van der Waals surface area (Å²) in [6, 6.07) is 4.18. The lowest BCUT2D eigenvalue weighted by Crippen LogP contribution is -3.00. The van der Waals surface area contributed by atoms with Crippen LogP contribution in [0.2, 0.25) is 0 Å². The van der Waals surface area contributed by atoms with Gasteiger partial charge in [-0.05, 0) is 103 Å². The predicted molar refractivity (Wildman–Crippen MR) is 108 cm³/mol. The molecule has 4 aliphatic rings. The Morgan fingerprint density at radius 2 is 0.500 bits per heavy atom. The second-order valence-electron chi connectivity index (χ2n) is 10.1. The van der Waals surface area contributed by atoms with E-state index in [4.69, 9.17) is 0 Å². The number of hydrogen-bond acceptors (Lipinski definition) is 0. The molecular formula is C24H44FN. The summed E-state index contributed by atoms with van der Waals surface area (Å²) < 4.78 is 1.67. The van der Waals surface area contributed by atoms with Crippen molar-refractivity contribution in [1.82, 2.24) is 0 Å². The third kappa shape index (κ3) is 4.01. The van der Waals surface area contributed by atoms with Crippen LogP contribution in [0, 0.1) is 0 Å². The van der Waals surface area contributed by atoms with Gasteiger partial charge in [0.15, 0.2) is 0 Å². The summed E-state index contributed by atoms with van der Waals surface area (Å²) in [7, 11) is 0. The molecule has 0 atom stereocenters. The Kier molecular flexibility index (Phi) is 7.85. The first-order valence-electron chi connectivity index (χ1n) is 12.3. The molecule has 4 fully saturated rings. The van der Waals surface area contributed by atoms with Gasteiger partial charge in [0.1, 0.15) is 0 Å². The van der Waals surface area contributed by atoms with Crippen LogP contribution in [0.3, 0.4) is 0 Å². The van der Waals surface area contributed by atoms with E-state index in [1.165, 1.54) is 77.0 Å². The third-order valence-electron chi connectivity index (χ3n) is 8.83. The molecule has 0 aromatic carbocycles. The Labute approximate surface area is 162 Å². The molecule has 0 unspecified atom stereocenters. The maximum Gasteiger partial charge on any atom is 0.0896 e. The molecule has 4 saturated carbocycles. The molecule has 0 heterocycles. The zero-order chi connectivity index (χ0) is 17.0. The van der Waals surface area contributed by atoms with Crippen molar-refractivity contribution >= 4 is 0 Å². The van der Waals surface area contributed by atoms with E-state index in [1.54, 1.807) is 55.8 Å². The van der Waals surface area contributed by atoms with E-state index in [1.807, 2.05) is 0 Å². The van der Waals surface area contributed by atoms with Crippen molar-refractivity contribution in [3.8, 4) is 0 Å². The van der Waals surface area contributed by atoms with E-state index < -0.39 is 0 Å². The summed E-state index contributed by atoms with van der Waals surface area (Å²) in [5, 5.41) is 0. The number of halogens is 1. The van der Waals surface area contributed by atoms with Crippen molar-refractivity contribution in [3.05, 3.63) is 0 Å². The normalized spacial score (nSPS) is 28.6. The quantitative estimate of drug-likeness (QED) is 0.657. The molecule has 2 heteroatoms. The van der Waals surface area contributed by atoms with Gasteiger partial charge in [0.05, 0.1) is 24.2 Å². The standard InChI is InChI=1S/C24H44N.FH/c1-5-13-21(14-6-1)25(22-15-7-2-8-16-22,23-17-9-3-10-18-23)24-19-11-4-12-20-24;/h21-24H,1-20H2;1H/q+1;/p-1. The van der Waals surface area contributed by atoms with E-state index in [9.17, 15) is 0 Å². The number of hydrogen-bond donors (Lipinski definition) is 0. The first-order chi connectivity index (χ1) is 12.4. The zero-order valence-electron chi connectivity index (χ0n) is 17.3. The first kappa shape index (κ1) is 20.6. The van der Waals surface area contributed by atoms with Gasteiger partial charge >= 0.3 is 0 Å². The van der Waals surface area contributed by atoms with Crippen LogP contribution in [0.15, 0.2) is 0 Å². The Balaban J connectivity index is 0.00000196. The van der Waals surface area contributed by atoms with Crippen molar-refractivity contribution in [1.29, 1.82) is 0 Å². The maximum atomic E-state index is 1.67. The van der Waals surface area contributed by atoms with Crippen LogP contribution in [-0.2, 0) is 0 Å². The number of rotatable bonds is 4. The molecular weight excluding hydrogens is 321 g/mol. The third-order valence-corrected chi connectivity index (χ3v) is 8.83. The summed E-state index contributed by atoms with van der Waals surface area (Å²) >= 11 is 0.